The van der Waals surface area contributed by atoms with E-state index in [2.05, 4.69) is 29.8 Å². The van der Waals surface area contributed by atoms with Crippen LogP contribution in [0.1, 0.15) is 36.5 Å². The highest BCUT2D eigenvalue weighted by atomic mass is 16.5. The van der Waals surface area contributed by atoms with Crippen LogP contribution in [0.5, 0.6) is 0 Å². The van der Waals surface area contributed by atoms with Crippen LogP contribution in [-0.2, 0) is 4.74 Å². The molecule has 1 aromatic carbocycles. The van der Waals surface area contributed by atoms with Crippen molar-refractivity contribution in [2.45, 2.75) is 25.4 Å². The van der Waals surface area contributed by atoms with Crippen molar-refractivity contribution in [1.82, 2.24) is 0 Å². The van der Waals surface area contributed by atoms with Crippen LogP contribution in [0.25, 0.3) is 0 Å². The van der Waals surface area contributed by atoms with E-state index in [1.54, 1.807) is 7.11 Å². The van der Waals surface area contributed by atoms with Crippen molar-refractivity contribution in [3.05, 3.63) is 58.7 Å². The second-order valence-electron chi connectivity index (χ2n) is 4.92. The maximum Gasteiger partial charge on any atom is 0.144 e. The van der Waals surface area contributed by atoms with E-state index >= 15 is 0 Å². The minimum Gasteiger partial charge on any atom is -0.364 e. The first-order valence-electron chi connectivity index (χ1n) is 6.93. The first kappa shape index (κ1) is 12.8. The molecule has 20 heavy (non-hydrogen) atoms. The minimum absolute atomic E-state index is 0.216. The molecule has 1 heteroatoms. The summed E-state index contributed by atoms with van der Waals surface area (Å²) in [4.78, 5) is 0. The van der Waals surface area contributed by atoms with Crippen molar-refractivity contribution in [1.29, 1.82) is 0 Å². The van der Waals surface area contributed by atoms with E-state index in [0.717, 1.165) is 29.5 Å². The van der Waals surface area contributed by atoms with Gasteiger partial charge >= 0.3 is 0 Å². The van der Waals surface area contributed by atoms with Crippen LogP contribution in [0, 0.1) is 23.7 Å². The number of benzene rings is 1. The Hall–Kier alpha value is -2.22. The zero-order chi connectivity index (χ0) is 13.8. The van der Waals surface area contributed by atoms with Crippen molar-refractivity contribution >= 4 is 0 Å². The number of rotatable bonds is 1. The summed E-state index contributed by atoms with van der Waals surface area (Å²) >= 11 is 0. The van der Waals surface area contributed by atoms with Crippen LogP contribution >= 0.6 is 0 Å². The Kier molecular flexibility index (Phi) is 3.73. The van der Waals surface area contributed by atoms with Gasteiger partial charge in [-0.3, -0.25) is 0 Å². The average molecular weight is 260 g/mol. The lowest BCUT2D eigenvalue weighted by molar-refractivity contribution is 0.150. The van der Waals surface area contributed by atoms with E-state index in [9.17, 15) is 0 Å². The Bertz CT molecular complexity index is 699. The highest BCUT2D eigenvalue weighted by molar-refractivity contribution is 5.55. The zero-order valence-electron chi connectivity index (χ0n) is 11.6. The van der Waals surface area contributed by atoms with Crippen LogP contribution in [-0.4, -0.2) is 7.11 Å². The summed E-state index contributed by atoms with van der Waals surface area (Å²) in [6, 6.07) is 8.07. The topological polar surface area (TPSA) is 9.23 Å². The molecule has 0 N–H and O–H groups in total. The summed E-state index contributed by atoms with van der Waals surface area (Å²) in [5, 5.41) is 0. The van der Waals surface area contributed by atoms with Gasteiger partial charge in [0.25, 0.3) is 0 Å². The first-order valence-corrected chi connectivity index (χ1v) is 6.93. The molecule has 2 aliphatic rings. The highest BCUT2D eigenvalue weighted by Crippen LogP contribution is 2.25. The normalized spacial score (nSPS) is 22.6. The number of ether oxygens (including phenoxy) is 1. The fourth-order valence-electron chi connectivity index (χ4n) is 2.53. The molecule has 1 aromatic rings. The van der Waals surface area contributed by atoms with Crippen molar-refractivity contribution in [2.24, 2.45) is 0 Å². The van der Waals surface area contributed by atoms with Crippen LogP contribution in [0.15, 0.2) is 47.6 Å². The zero-order valence-corrected chi connectivity index (χ0v) is 11.6. The number of methoxy groups -OCH3 is 1. The molecule has 0 amide bonds. The molecule has 0 aromatic heterocycles. The quantitative estimate of drug-likeness (QED) is 0.698. The van der Waals surface area contributed by atoms with Crippen LogP contribution in [0.3, 0.4) is 0 Å². The van der Waals surface area contributed by atoms with Crippen molar-refractivity contribution in [3.63, 3.8) is 0 Å². The van der Waals surface area contributed by atoms with Crippen LogP contribution in [0.2, 0.25) is 0 Å². The summed E-state index contributed by atoms with van der Waals surface area (Å²) in [7, 11) is 1.69. The molecule has 0 spiro atoms. The third-order valence-corrected chi connectivity index (χ3v) is 3.62. The number of allylic oxidation sites excluding steroid dienone is 4. The third-order valence-electron chi connectivity index (χ3n) is 3.62. The highest BCUT2D eigenvalue weighted by Gasteiger charge is 2.12. The molecule has 1 unspecified atom stereocenters. The molecule has 0 fully saturated rings. The molecule has 0 bridgehead atoms. The fraction of sp³-hybridized carbons (Fsp3) is 0.263. The predicted octanol–water partition coefficient (Wildman–Crippen LogP) is 3.78. The van der Waals surface area contributed by atoms with Gasteiger partial charge < -0.3 is 4.74 Å². The first-order chi connectivity index (χ1) is 9.88. The lowest BCUT2D eigenvalue weighted by atomic mass is 9.92. The summed E-state index contributed by atoms with van der Waals surface area (Å²) in [5.74, 6) is 12.9. The Labute approximate surface area is 120 Å². The van der Waals surface area contributed by atoms with Gasteiger partial charge in [-0.2, -0.15) is 0 Å². The van der Waals surface area contributed by atoms with Gasteiger partial charge in [0.15, 0.2) is 0 Å². The molecular formula is C19H16O. The van der Waals surface area contributed by atoms with Gasteiger partial charge in [-0.05, 0) is 37.0 Å². The van der Waals surface area contributed by atoms with Crippen LogP contribution < -0.4 is 0 Å². The van der Waals surface area contributed by atoms with Gasteiger partial charge in [0.05, 0.1) is 0 Å². The molecule has 1 nitrogen and oxygen atoms in total. The van der Waals surface area contributed by atoms with Gasteiger partial charge in [0.2, 0.25) is 0 Å². The SMILES string of the molecule is COC1C#C/C=C2/CCCC=C2C#Cc2ccccc21. The van der Waals surface area contributed by atoms with Gasteiger partial charge in [-0.1, -0.05) is 48.0 Å². The molecule has 0 saturated heterocycles. The van der Waals surface area contributed by atoms with Gasteiger partial charge in [-0.25, -0.2) is 0 Å². The number of fused-ring (bicyclic) bond motifs is 2. The monoisotopic (exact) mass is 260 g/mol. The lowest BCUT2D eigenvalue weighted by Crippen LogP contribution is -2.02. The molecule has 0 saturated carbocycles. The Balaban J connectivity index is 2.15. The van der Waals surface area contributed by atoms with E-state index < -0.39 is 0 Å². The van der Waals surface area contributed by atoms with E-state index in [-0.39, 0.29) is 6.10 Å². The average Bonchev–Trinajstić information content (AvgIpc) is 2.51. The summed E-state index contributed by atoms with van der Waals surface area (Å²) in [5.41, 5.74) is 4.44. The van der Waals surface area contributed by atoms with E-state index in [4.69, 9.17) is 4.74 Å². The second kappa shape index (κ2) is 5.83. The van der Waals surface area contributed by atoms with Crippen molar-refractivity contribution in [3.8, 4) is 23.7 Å². The van der Waals surface area contributed by atoms with E-state index in [0.29, 0.717) is 0 Å². The van der Waals surface area contributed by atoms with Crippen LogP contribution in [0.4, 0.5) is 0 Å². The standard InChI is InChI=1S/C19H16O/c1-20-19-12-6-10-15-7-2-3-8-16(15)13-14-17-9-4-5-11-18(17)19/h4-5,8-11,19H,2-3,7H2,1H3/b15-10-. The summed E-state index contributed by atoms with van der Waals surface area (Å²) < 4.78 is 5.50. The van der Waals surface area contributed by atoms with E-state index in [1.807, 2.05) is 30.3 Å². The number of hydrogen-bond donors (Lipinski definition) is 0. The Morgan fingerprint density at radius 2 is 2.10 bits per heavy atom. The Morgan fingerprint density at radius 3 is 3.00 bits per heavy atom. The minimum atomic E-state index is -0.216. The molecule has 0 aliphatic heterocycles. The van der Waals surface area contributed by atoms with Gasteiger partial charge in [0, 0.05) is 23.8 Å². The molecule has 3 rings (SSSR count). The molecule has 0 heterocycles. The number of hydrogen-bond acceptors (Lipinski definition) is 1. The van der Waals surface area contributed by atoms with E-state index in [1.165, 1.54) is 12.0 Å². The lowest BCUT2D eigenvalue weighted by Gasteiger charge is -2.14. The van der Waals surface area contributed by atoms with Gasteiger partial charge in [0.1, 0.15) is 6.10 Å². The predicted molar refractivity (Wildman–Crippen MR) is 80.9 cm³/mol. The summed E-state index contributed by atoms with van der Waals surface area (Å²) in [6.07, 6.45) is 7.36. The molecule has 2 aliphatic carbocycles. The molecule has 1 atom stereocenters. The third kappa shape index (κ3) is 2.55. The maximum absolute atomic E-state index is 5.50. The maximum atomic E-state index is 5.50. The second-order valence-corrected chi connectivity index (χ2v) is 4.92. The van der Waals surface area contributed by atoms with Gasteiger partial charge in [-0.15, -0.1) is 0 Å². The molecule has 98 valence electrons. The Morgan fingerprint density at radius 1 is 1.20 bits per heavy atom. The van der Waals surface area contributed by atoms with Crippen molar-refractivity contribution in [2.75, 3.05) is 7.11 Å². The molecular weight excluding hydrogens is 244 g/mol. The summed E-state index contributed by atoms with van der Waals surface area (Å²) in [6.45, 7) is 0. The smallest absolute Gasteiger partial charge is 0.144 e. The molecule has 0 radical (unpaired) electrons. The van der Waals surface area contributed by atoms with Crippen molar-refractivity contribution < 1.29 is 4.74 Å². The largest absolute Gasteiger partial charge is 0.364 e. The fourth-order valence-corrected chi connectivity index (χ4v) is 2.53.